The minimum Gasteiger partial charge on any atom is -0.500 e. The summed E-state index contributed by atoms with van der Waals surface area (Å²) >= 11 is 0. The van der Waals surface area contributed by atoms with E-state index in [4.69, 9.17) is 4.74 Å². The molecule has 3 N–H and O–H groups in total. The number of carbonyl (C=O) groups is 2. The number of amides is 2. The van der Waals surface area contributed by atoms with Crippen LogP contribution in [0.25, 0.3) is 0 Å². The topological polar surface area (TPSA) is 143 Å². The van der Waals surface area contributed by atoms with E-state index in [1.54, 1.807) is 13.8 Å². The number of hydrogen-bond donors (Lipinski definition) is 3. The summed E-state index contributed by atoms with van der Waals surface area (Å²) in [7, 11) is 0. The molecule has 10 heteroatoms. The fourth-order valence-electron chi connectivity index (χ4n) is 1.70. The minimum absolute atomic E-state index is 0.0843. The second-order valence-electron chi connectivity index (χ2n) is 5.06. The lowest BCUT2D eigenvalue weighted by Crippen LogP contribution is -2.41. The lowest BCUT2D eigenvalue weighted by molar-refractivity contribution is -0.386. The van der Waals surface area contributed by atoms with Gasteiger partial charge in [0.2, 0.25) is 5.75 Å². The molecule has 0 aliphatic carbocycles. The first-order chi connectivity index (χ1) is 11.8. The van der Waals surface area contributed by atoms with Gasteiger partial charge in [-0.15, -0.1) is 0 Å². The van der Waals surface area contributed by atoms with Crippen LogP contribution in [0.4, 0.5) is 5.69 Å². The molecule has 0 heterocycles. The van der Waals surface area contributed by atoms with Gasteiger partial charge in [0, 0.05) is 17.7 Å². The van der Waals surface area contributed by atoms with E-state index in [2.05, 4.69) is 10.4 Å². The van der Waals surface area contributed by atoms with Crippen molar-refractivity contribution in [3.8, 4) is 11.5 Å². The number of benzene rings is 1. The van der Waals surface area contributed by atoms with Crippen LogP contribution >= 0.6 is 0 Å². The van der Waals surface area contributed by atoms with Gasteiger partial charge >= 0.3 is 17.5 Å². The highest BCUT2D eigenvalue weighted by molar-refractivity contribution is 6.35. The highest BCUT2D eigenvalue weighted by atomic mass is 16.6. The summed E-state index contributed by atoms with van der Waals surface area (Å²) in [6.07, 6.45) is 1.77. The quantitative estimate of drug-likeness (QED) is 0.290. The van der Waals surface area contributed by atoms with Gasteiger partial charge in [0.1, 0.15) is 0 Å². The third-order valence-corrected chi connectivity index (χ3v) is 3.15. The van der Waals surface area contributed by atoms with Crippen molar-refractivity contribution in [3.05, 3.63) is 27.8 Å². The smallest absolute Gasteiger partial charge is 0.329 e. The van der Waals surface area contributed by atoms with E-state index < -0.39 is 28.2 Å². The van der Waals surface area contributed by atoms with Gasteiger partial charge in [0.15, 0.2) is 5.75 Å². The van der Waals surface area contributed by atoms with E-state index in [0.29, 0.717) is 6.42 Å². The second kappa shape index (κ2) is 9.21. The average molecular weight is 352 g/mol. The summed E-state index contributed by atoms with van der Waals surface area (Å²) in [6, 6.07) is 2.23. The average Bonchev–Trinajstić information content (AvgIpc) is 2.56. The van der Waals surface area contributed by atoms with Crippen molar-refractivity contribution in [3.63, 3.8) is 0 Å². The molecule has 0 unspecified atom stereocenters. The third-order valence-electron chi connectivity index (χ3n) is 3.15. The number of rotatable bonds is 7. The van der Waals surface area contributed by atoms with Crippen molar-refractivity contribution in [2.45, 2.75) is 33.2 Å². The summed E-state index contributed by atoms with van der Waals surface area (Å²) in [4.78, 5) is 33.3. The molecule has 0 bridgehead atoms. The van der Waals surface area contributed by atoms with E-state index in [1.807, 2.05) is 12.3 Å². The van der Waals surface area contributed by atoms with Crippen molar-refractivity contribution in [1.29, 1.82) is 0 Å². The Morgan fingerprint density at radius 3 is 2.64 bits per heavy atom. The van der Waals surface area contributed by atoms with Gasteiger partial charge in [-0.25, -0.2) is 5.43 Å². The highest BCUT2D eigenvalue weighted by Gasteiger charge is 2.20. The number of hydrogen-bond acceptors (Lipinski definition) is 7. The lowest BCUT2D eigenvalue weighted by Gasteiger charge is -2.09. The molecule has 0 aromatic heterocycles. The predicted octanol–water partition coefficient (Wildman–Crippen LogP) is 1.06. The van der Waals surface area contributed by atoms with Gasteiger partial charge in [-0.3, -0.25) is 19.7 Å². The van der Waals surface area contributed by atoms with Gasteiger partial charge in [0.25, 0.3) is 0 Å². The van der Waals surface area contributed by atoms with Gasteiger partial charge in [0.05, 0.1) is 17.7 Å². The zero-order chi connectivity index (χ0) is 19.0. The molecule has 2 amide bonds. The Labute approximate surface area is 144 Å². The molecule has 25 heavy (non-hydrogen) atoms. The lowest BCUT2D eigenvalue weighted by atomic mass is 10.2. The van der Waals surface area contributed by atoms with E-state index in [9.17, 15) is 24.8 Å². The first kappa shape index (κ1) is 19.9. The molecule has 0 saturated heterocycles. The molecule has 10 nitrogen and oxygen atoms in total. The Bertz CT molecular complexity index is 689. The third kappa shape index (κ3) is 5.75. The number of carbonyl (C=O) groups excluding carboxylic acids is 2. The molecule has 0 aliphatic heterocycles. The SMILES string of the molecule is CCOc1cc(/C=N/NC(=O)C(=O)N[C@H](C)CC)cc([N+](=O)[O-])c1O. The van der Waals surface area contributed by atoms with E-state index in [0.717, 1.165) is 12.3 Å². The standard InChI is InChI=1S/C15H20N4O6/c1-4-9(3)17-14(21)15(22)18-16-8-10-6-11(19(23)24)13(20)12(7-10)25-5-2/h6-9,20H,4-5H2,1-3H3,(H,17,21)(H,18,22)/b16-8+/t9-/m1/s1. The minimum atomic E-state index is -0.963. The van der Waals surface area contributed by atoms with Crippen LogP contribution in [0.2, 0.25) is 0 Å². The van der Waals surface area contributed by atoms with E-state index in [1.165, 1.54) is 6.07 Å². The van der Waals surface area contributed by atoms with Gasteiger partial charge < -0.3 is 15.2 Å². The van der Waals surface area contributed by atoms with Gasteiger partial charge in [-0.2, -0.15) is 5.10 Å². The van der Waals surface area contributed by atoms with Crippen LogP contribution in [0.5, 0.6) is 11.5 Å². The molecule has 0 saturated carbocycles. The molecule has 136 valence electrons. The summed E-state index contributed by atoms with van der Waals surface area (Å²) in [6.45, 7) is 5.45. The highest BCUT2D eigenvalue weighted by Crippen LogP contribution is 2.36. The molecule has 1 atom stereocenters. The fraction of sp³-hybridized carbons (Fsp3) is 0.400. The maximum Gasteiger partial charge on any atom is 0.329 e. The van der Waals surface area contributed by atoms with Crippen molar-refractivity contribution >= 4 is 23.7 Å². The largest absolute Gasteiger partial charge is 0.500 e. The Hall–Kier alpha value is -3.17. The summed E-state index contributed by atoms with van der Waals surface area (Å²) in [5.74, 6) is -2.48. The summed E-state index contributed by atoms with van der Waals surface area (Å²) < 4.78 is 5.12. The zero-order valence-corrected chi connectivity index (χ0v) is 14.1. The molecule has 0 radical (unpaired) electrons. The van der Waals surface area contributed by atoms with Crippen LogP contribution in [-0.4, -0.2) is 40.7 Å². The predicted molar refractivity (Wildman–Crippen MR) is 89.6 cm³/mol. The Morgan fingerprint density at radius 2 is 2.08 bits per heavy atom. The van der Waals surface area contributed by atoms with Crippen molar-refractivity contribution in [2.24, 2.45) is 5.10 Å². The molecular formula is C15H20N4O6. The second-order valence-corrected chi connectivity index (χ2v) is 5.06. The fourth-order valence-corrected chi connectivity index (χ4v) is 1.70. The van der Waals surface area contributed by atoms with Crippen LogP contribution in [0, 0.1) is 10.1 Å². The number of ether oxygens (including phenoxy) is 1. The maximum atomic E-state index is 11.6. The Balaban J connectivity index is 2.88. The number of nitrogens with zero attached hydrogens (tertiary/aromatic N) is 2. The molecule has 1 aromatic carbocycles. The monoisotopic (exact) mass is 352 g/mol. The number of nitro benzene ring substituents is 1. The number of hydrazone groups is 1. The van der Waals surface area contributed by atoms with Crippen LogP contribution in [0.1, 0.15) is 32.8 Å². The summed E-state index contributed by atoms with van der Waals surface area (Å²) in [5, 5.41) is 26.8. The molecule has 0 aliphatic rings. The molecule has 0 spiro atoms. The van der Waals surface area contributed by atoms with E-state index in [-0.39, 0.29) is 24.0 Å². The number of phenols is 1. The van der Waals surface area contributed by atoms with E-state index >= 15 is 0 Å². The van der Waals surface area contributed by atoms with Crippen molar-refractivity contribution in [1.82, 2.24) is 10.7 Å². The van der Waals surface area contributed by atoms with Crippen molar-refractivity contribution < 1.29 is 24.4 Å². The Kier molecular flexibility index (Phi) is 7.32. The number of nitrogens with one attached hydrogen (secondary N) is 2. The first-order valence-electron chi connectivity index (χ1n) is 7.58. The number of nitro groups is 1. The zero-order valence-electron chi connectivity index (χ0n) is 14.1. The molecule has 0 fully saturated rings. The van der Waals surface area contributed by atoms with Crippen LogP contribution in [-0.2, 0) is 9.59 Å². The first-order valence-corrected chi connectivity index (χ1v) is 7.58. The molecular weight excluding hydrogens is 332 g/mol. The van der Waals surface area contributed by atoms with Crippen LogP contribution in [0.15, 0.2) is 17.2 Å². The van der Waals surface area contributed by atoms with Crippen LogP contribution < -0.4 is 15.5 Å². The van der Waals surface area contributed by atoms with Gasteiger partial charge in [-0.05, 0) is 26.3 Å². The van der Waals surface area contributed by atoms with Crippen molar-refractivity contribution in [2.75, 3.05) is 6.61 Å². The maximum absolute atomic E-state index is 11.6. The molecule has 1 rings (SSSR count). The van der Waals surface area contributed by atoms with Gasteiger partial charge in [-0.1, -0.05) is 6.92 Å². The number of aromatic hydroxyl groups is 1. The summed E-state index contributed by atoms with van der Waals surface area (Å²) in [5.41, 5.74) is 1.66. The van der Waals surface area contributed by atoms with Crippen LogP contribution in [0.3, 0.4) is 0 Å². The Morgan fingerprint density at radius 1 is 1.40 bits per heavy atom. The normalized spacial score (nSPS) is 11.8. The molecule has 1 aromatic rings. The number of phenolic OH excluding ortho intramolecular Hbond substituents is 1.